The Kier molecular flexibility index (Phi) is 3.13. The second kappa shape index (κ2) is 4.57. The zero-order valence-corrected chi connectivity index (χ0v) is 9.69. The minimum atomic E-state index is -0.936. The van der Waals surface area contributed by atoms with Crippen molar-refractivity contribution < 1.29 is 14.7 Å². The molecule has 0 bridgehead atoms. The van der Waals surface area contributed by atoms with Crippen LogP contribution in [0.5, 0.6) is 0 Å². The topological polar surface area (TPSA) is 66.4 Å². The first-order valence-electron chi connectivity index (χ1n) is 5.70. The fourth-order valence-electron chi connectivity index (χ4n) is 2.10. The molecule has 2 N–H and O–H groups in total. The highest BCUT2D eigenvalue weighted by Gasteiger charge is 2.20. The van der Waals surface area contributed by atoms with Crippen LogP contribution in [0.4, 0.5) is 5.69 Å². The molecule has 0 saturated heterocycles. The Hall–Kier alpha value is -1.84. The summed E-state index contributed by atoms with van der Waals surface area (Å²) in [6.07, 6.45) is 0.804. The molecule has 1 atom stereocenters. The van der Waals surface area contributed by atoms with Crippen molar-refractivity contribution >= 4 is 17.4 Å². The molecule has 1 aliphatic heterocycles. The van der Waals surface area contributed by atoms with Crippen LogP contribution in [-0.2, 0) is 11.2 Å². The molecule has 90 valence electrons. The Bertz CT molecular complexity index is 468. The van der Waals surface area contributed by atoms with Gasteiger partial charge < -0.3 is 10.4 Å². The maximum absolute atomic E-state index is 12.0. The maximum atomic E-state index is 12.0. The Morgan fingerprint density at radius 2 is 2.24 bits per heavy atom. The maximum Gasteiger partial charge on any atom is 0.304 e. The Balaban J connectivity index is 2.17. The van der Waals surface area contributed by atoms with E-state index in [-0.39, 0.29) is 12.2 Å². The van der Waals surface area contributed by atoms with Crippen LogP contribution in [0.2, 0.25) is 0 Å². The molecule has 4 nitrogen and oxygen atoms in total. The standard InChI is InChI=1S/C13H15NO3/c1-8(6-12(15)16)13(17)10-2-3-11-9(7-10)4-5-14-11/h2-3,7-8,14H,4-6H2,1H3,(H,15,16). The van der Waals surface area contributed by atoms with E-state index in [1.54, 1.807) is 13.0 Å². The first-order chi connectivity index (χ1) is 8.08. The lowest BCUT2D eigenvalue weighted by Gasteiger charge is -2.09. The molecule has 0 amide bonds. The van der Waals surface area contributed by atoms with E-state index in [2.05, 4.69) is 5.32 Å². The number of anilines is 1. The molecule has 2 rings (SSSR count). The van der Waals surface area contributed by atoms with E-state index in [4.69, 9.17) is 5.11 Å². The van der Waals surface area contributed by atoms with E-state index < -0.39 is 11.9 Å². The van der Waals surface area contributed by atoms with Gasteiger partial charge in [0.05, 0.1) is 6.42 Å². The number of rotatable bonds is 4. The molecule has 0 radical (unpaired) electrons. The molecule has 1 aromatic carbocycles. The van der Waals surface area contributed by atoms with Crippen LogP contribution >= 0.6 is 0 Å². The summed E-state index contributed by atoms with van der Waals surface area (Å²) in [6, 6.07) is 5.52. The van der Waals surface area contributed by atoms with E-state index in [0.29, 0.717) is 5.56 Å². The minimum absolute atomic E-state index is 0.0953. The Morgan fingerprint density at radius 3 is 2.94 bits per heavy atom. The second-order valence-electron chi connectivity index (χ2n) is 4.41. The van der Waals surface area contributed by atoms with Gasteiger partial charge in [-0.15, -0.1) is 0 Å². The number of benzene rings is 1. The van der Waals surface area contributed by atoms with Crippen LogP contribution in [0.3, 0.4) is 0 Å². The van der Waals surface area contributed by atoms with Gasteiger partial charge in [-0.05, 0) is 30.2 Å². The largest absolute Gasteiger partial charge is 0.481 e. The number of carboxylic acids is 1. The van der Waals surface area contributed by atoms with E-state index >= 15 is 0 Å². The number of Topliss-reactive ketones (excluding diaryl/α,β-unsaturated/α-hetero) is 1. The zero-order valence-electron chi connectivity index (χ0n) is 9.69. The highest BCUT2D eigenvalue weighted by Crippen LogP contribution is 2.24. The summed E-state index contributed by atoms with van der Waals surface area (Å²) in [5.74, 6) is -1.50. The third kappa shape index (κ3) is 2.46. The Labute approximate surface area is 99.6 Å². The van der Waals surface area contributed by atoms with E-state index in [9.17, 15) is 9.59 Å². The van der Waals surface area contributed by atoms with E-state index in [1.165, 1.54) is 0 Å². The fourth-order valence-corrected chi connectivity index (χ4v) is 2.10. The molecule has 17 heavy (non-hydrogen) atoms. The highest BCUT2D eigenvalue weighted by molar-refractivity contribution is 5.99. The predicted octanol–water partition coefficient (Wildman–Crippen LogP) is 1.95. The Morgan fingerprint density at radius 1 is 1.47 bits per heavy atom. The number of ketones is 1. The van der Waals surface area contributed by atoms with E-state index in [0.717, 1.165) is 24.2 Å². The molecular formula is C13H15NO3. The third-order valence-corrected chi connectivity index (χ3v) is 3.03. The summed E-state index contributed by atoms with van der Waals surface area (Å²) in [5, 5.41) is 11.9. The number of fused-ring (bicyclic) bond motifs is 1. The van der Waals surface area contributed by atoms with Gasteiger partial charge in [-0.1, -0.05) is 6.92 Å². The van der Waals surface area contributed by atoms with Crippen molar-refractivity contribution in [3.63, 3.8) is 0 Å². The van der Waals surface area contributed by atoms with Gasteiger partial charge in [-0.2, -0.15) is 0 Å². The first-order valence-corrected chi connectivity index (χ1v) is 5.70. The van der Waals surface area contributed by atoms with Gasteiger partial charge in [0, 0.05) is 23.7 Å². The van der Waals surface area contributed by atoms with Crippen molar-refractivity contribution in [1.82, 2.24) is 0 Å². The first kappa shape index (κ1) is 11.6. The fraction of sp³-hybridized carbons (Fsp3) is 0.385. The van der Waals surface area contributed by atoms with Crippen molar-refractivity contribution in [3.05, 3.63) is 29.3 Å². The van der Waals surface area contributed by atoms with Gasteiger partial charge in [0.25, 0.3) is 0 Å². The summed E-state index contributed by atoms with van der Waals surface area (Å²) >= 11 is 0. The molecule has 4 heteroatoms. The smallest absolute Gasteiger partial charge is 0.304 e. The summed E-state index contributed by atoms with van der Waals surface area (Å²) in [5.41, 5.74) is 2.83. The van der Waals surface area contributed by atoms with Gasteiger partial charge >= 0.3 is 5.97 Å². The lowest BCUT2D eigenvalue weighted by molar-refractivity contribution is -0.137. The number of hydrogen-bond acceptors (Lipinski definition) is 3. The second-order valence-corrected chi connectivity index (χ2v) is 4.41. The van der Waals surface area contributed by atoms with Gasteiger partial charge in [0.2, 0.25) is 0 Å². The average molecular weight is 233 g/mol. The summed E-state index contributed by atoms with van der Waals surface area (Å²) in [4.78, 5) is 22.6. The van der Waals surface area contributed by atoms with Crippen molar-refractivity contribution in [2.45, 2.75) is 19.8 Å². The third-order valence-electron chi connectivity index (χ3n) is 3.03. The molecule has 1 aliphatic rings. The number of carboxylic acid groups (broad SMARTS) is 1. The minimum Gasteiger partial charge on any atom is -0.481 e. The molecule has 0 spiro atoms. The van der Waals surface area contributed by atoms with Crippen LogP contribution in [0, 0.1) is 5.92 Å². The van der Waals surface area contributed by atoms with Crippen LogP contribution in [0.15, 0.2) is 18.2 Å². The van der Waals surface area contributed by atoms with Crippen LogP contribution in [-0.4, -0.2) is 23.4 Å². The lowest BCUT2D eigenvalue weighted by atomic mass is 9.95. The number of carbonyl (C=O) groups is 2. The number of aliphatic carboxylic acids is 1. The molecule has 0 aliphatic carbocycles. The van der Waals surface area contributed by atoms with Gasteiger partial charge in [0.15, 0.2) is 5.78 Å². The molecule has 1 aromatic rings. The molecule has 0 saturated carbocycles. The van der Waals surface area contributed by atoms with Crippen molar-refractivity contribution in [2.75, 3.05) is 11.9 Å². The number of nitrogens with one attached hydrogen (secondary N) is 1. The molecule has 0 fully saturated rings. The molecule has 1 unspecified atom stereocenters. The molecular weight excluding hydrogens is 218 g/mol. The monoisotopic (exact) mass is 233 g/mol. The predicted molar refractivity (Wildman–Crippen MR) is 64.4 cm³/mol. The van der Waals surface area contributed by atoms with Crippen LogP contribution in [0.25, 0.3) is 0 Å². The normalized spacial score (nSPS) is 14.9. The highest BCUT2D eigenvalue weighted by atomic mass is 16.4. The molecule has 1 heterocycles. The summed E-state index contributed by atoms with van der Waals surface area (Å²) in [7, 11) is 0. The summed E-state index contributed by atoms with van der Waals surface area (Å²) < 4.78 is 0. The van der Waals surface area contributed by atoms with Crippen LogP contribution < -0.4 is 5.32 Å². The van der Waals surface area contributed by atoms with Gasteiger partial charge in [-0.3, -0.25) is 9.59 Å². The van der Waals surface area contributed by atoms with Crippen LogP contribution in [0.1, 0.15) is 29.3 Å². The van der Waals surface area contributed by atoms with Crippen molar-refractivity contribution in [1.29, 1.82) is 0 Å². The molecule has 0 aromatic heterocycles. The number of hydrogen-bond donors (Lipinski definition) is 2. The van der Waals surface area contributed by atoms with Gasteiger partial charge in [0.1, 0.15) is 0 Å². The lowest BCUT2D eigenvalue weighted by Crippen LogP contribution is -2.15. The average Bonchev–Trinajstić information content (AvgIpc) is 2.73. The SMILES string of the molecule is CC(CC(=O)O)C(=O)c1ccc2c(c1)CCN2. The number of carbonyl (C=O) groups excluding carboxylic acids is 1. The van der Waals surface area contributed by atoms with Crippen molar-refractivity contribution in [2.24, 2.45) is 5.92 Å². The quantitative estimate of drug-likeness (QED) is 0.780. The zero-order chi connectivity index (χ0) is 12.4. The van der Waals surface area contributed by atoms with E-state index in [1.807, 2.05) is 12.1 Å². The van der Waals surface area contributed by atoms with Crippen molar-refractivity contribution in [3.8, 4) is 0 Å². The summed E-state index contributed by atoms with van der Waals surface area (Å²) in [6.45, 7) is 2.56. The van der Waals surface area contributed by atoms with Gasteiger partial charge in [-0.25, -0.2) is 0 Å².